The maximum absolute atomic E-state index is 13.0. The third-order valence-corrected chi connectivity index (χ3v) is 6.93. The van der Waals surface area contributed by atoms with Gasteiger partial charge in [-0.1, -0.05) is 19.9 Å². The van der Waals surface area contributed by atoms with Crippen molar-refractivity contribution in [2.45, 2.75) is 31.2 Å². The maximum Gasteiger partial charge on any atom is 0.245 e. The zero-order valence-corrected chi connectivity index (χ0v) is 16.5. The zero-order valence-electron chi connectivity index (χ0n) is 14.8. The number of nitrogens with two attached hydrogens (primary N) is 1. The lowest BCUT2D eigenvalue weighted by Gasteiger charge is -2.35. The van der Waals surface area contributed by atoms with E-state index in [0.29, 0.717) is 36.5 Å². The van der Waals surface area contributed by atoms with Gasteiger partial charge in [0.05, 0.1) is 17.8 Å². The molecule has 26 heavy (non-hydrogen) atoms. The van der Waals surface area contributed by atoms with E-state index in [1.54, 1.807) is 23.1 Å². The van der Waals surface area contributed by atoms with Crippen LogP contribution in [0.3, 0.4) is 0 Å². The van der Waals surface area contributed by atoms with Crippen molar-refractivity contribution in [3.8, 4) is 0 Å². The molecule has 2 N–H and O–H groups in total. The number of aromatic nitrogens is 2. The van der Waals surface area contributed by atoms with Crippen molar-refractivity contribution in [2.75, 3.05) is 26.2 Å². The topological polar surface area (TPSA) is 109 Å². The van der Waals surface area contributed by atoms with Gasteiger partial charge < -0.3 is 10.6 Å². The summed E-state index contributed by atoms with van der Waals surface area (Å²) in [5, 5.41) is 0. The molecule has 1 aliphatic rings. The van der Waals surface area contributed by atoms with Crippen LogP contribution in [0.25, 0.3) is 11.0 Å². The second-order valence-electron chi connectivity index (χ2n) is 6.85. The summed E-state index contributed by atoms with van der Waals surface area (Å²) < 4.78 is 35.6. The number of carbonyl (C=O) groups excluding carboxylic acids is 1. The van der Waals surface area contributed by atoms with Gasteiger partial charge in [-0.15, -0.1) is 0 Å². The van der Waals surface area contributed by atoms with Crippen LogP contribution < -0.4 is 5.73 Å². The van der Waals surface area contributed by atoms with Crippen LogP contribution in [-0.4, -0.2) is 64.5 Å². The number of carbonyl (C=O) groups is 1. The Kier molecular flexibility index (Phi) is 5.56. The lowest BCUT2D eigenvalue weighted by molar-refractivity contribution is -0.134. The molecule has 1 atom stereocenters. The molecule has 1 amide bonds. The van der Waals surface area contributed by atoms with Gasteiger partial charge in [0.2, 0.25) is 15.9 Å². The number of amides is 1. The highest BCUT2D eigenvalue weighted by Gasteiger charge is 2.33. The Hall–Kier alpha value is -1.62. The molecule has 1 saturated heterocycles. The number of hydrogen-bond donors (Lipinski definition) is 1. The van der Waals surface area contributed by atoms with Gasteiger partial charge in [-0.05, 0) is 24.5 Å². The summed E-state index contributed by atoms with van der Waals surface area (Å²) in [7, 11) is -3.68. The summed E-state index contributed by atoms with van der Waals surface area (Å²) in [5.41, 5.74) is 6.95. The van der Waals surface area contributed by atoms with Crippen LogP contribution in [0, 0.1) is 5.92 Å². The normalized spacial score (nSPS) is 17.8. The Bertz CT molecular complexity index is 888. The highest BCUT2D eigenvalue weighted by Crippen LogP contribution is 2.25. The van der Waals surface area contributed by atoms with Crippen LogP contribution in [0.15, 0.2) is 23.1 Å². The molecule has 1 aromatic carbocycles. The van der Waals surface area contributed by atoms with Gasteiger partial charge in [-0.25, -0.2) is 8.42 Å². The number of fused-ring (bicyclic) bond motifs is 1. The molecule has 3 rings (SSSR count). The van der Waals surface area contributed by atoms with Gasteiger partial charge >= 0.3 is 0 Å². The maximum atomic E-state index is 13.0. The van der Waals surface area contributed by atoms with Crippen molar-refractivity contribution in [1.29, 1.82) is 0 Å². The minimum atomic E-state index is -3.68. The number of nitrogens with zero attached hydrogens (tertiary/aromatic N) is 4. The summed E-state index contributed by atoms with van der Waals surface area (Å²) in [6, 6.07) is 4.43. The molecule has 10 heteroatoms. The lowest BCUT2D eigenvalue weighted by atomic mass is 10.0. The van der Waals surface area contributed by atoms with E-state index >= 15 is 0 Å². The summed E-state index contributed by atoms with van der Waals surface area (Å²) >= 11 is 0.992. The highest BCUT2D eigenvalue weighted by atomic mass is 32.2. The first kappa shape index (κ1) is 19.2. The van der Waals surface area contributed by atoms with Crippen LogP contribution >= 0.6 is 11.7 Å². The van der Waals surface area contributed by atoms with Crippen LogP contribution in [0.1, 0.15) is 20.3 Å². The van der Waals surface area contributed by atoms with E-state index in [2.05, 4.69) is 8.75 Å². The molecule has 0 aliphatic carbocycles. The van der Waals surface area contributed by atoms with Gasteiger partial charge in [0, 0.05) is 26.2 Å². The van der Waals surface area contributed by atoms with E-state index in [1.807, 2.05) is 13.8 Å². The molecule has 0 saturated carbocycles. The average molecular weight is 398 g/mol. The van der Waals surface area contributed by atoms with E-state index in [0.717, 1.165) is 11.7 Å². The quantitative estimate of drug-likeness (QED) is 0.803. The zero-order chi connectivity index (χ0) is 18.9. The molecule has 0 unspecified atom stereocenters. The number of sulfonamides is 1. The van der Waals surface area contributed by atoms with Gasteiger partial charge in [0.15, 0.2) is 0 Å². The lowest BCUT2D eigenvalue weighted by Crippen LogP contribution is -2.54. The van der Waals surface area contributed by atoms with Crippen molar-refractivity contribution in [1.82, 2.24) is 18.0 Å². The predicted octanol–water partition coefficient (Wildman–Crippen LogP) is 0.898. The number of rotatable bonds is 5. The largest absolute Gasteiger partial charge is 0.339 e. The monoisotopic (exact) mass is 397 g/mol. The minimum absolute atomic E-state index is 0.110. The van der Waals surface area contributed by atoms with Crippen molar-refractivity contribution in [3.05, 3.63) is 18.2 Å². The first-order valence-electron chi connectivity index (χ1n) is 8.56. The molecule has 1 aromatic heterocycles. The standard InChI is InChI=1S/C16H23N5O3S2/c1-11(2)10-12(17)16(22)20-6-8-21(9-7-20)26(23,24)14-5-3-4-13-15(14)19-25-18-13/h3-5,11-12H,6-10,17H2,1-2H3/t12-/m0/s1. The fourth-order valence-electron chi connectivity index (χ4n) is 3.12. The Morgan fingerprint density at radius 3 is 2.58 bits per heavy atom. The summed E-state index contributed by atoms with van der Waals surface area (Å²) in [5.74, 6) is 0.226. The van der Waals surface area contributed by atoms with Gasteiger partial charge in [-0.2, -0.15) is 13.1 Å². The van der Waals surface area contributed by atoms with Gasteiger partial charge in [0.25, 0.3) is 0 Å². The van der Waals surface area contributed by atoms with E-state index in [-0.39, 0.29) is 23.9 Å². The van der Waals surface area contributed by atoms with E-state index in [4.69, 9.17) is 5.73 Å². The van der Waals surface area contributed by atoms with Gasteiger partial charge in [-0.3, -0.25) is 4.79 Å². The molecule has 8 nitrogen and oxygen atoms in total. The summed E-state index contributed by atoms with van der Waals surface area (Å²) in [6.45, 7) is 5.22. The molecule has 0 spiro atoms. The number of benzene rings is 1. The van der Waals surface area contributed by atoms with Gasteiger partial charge in [0.1, 0.15) is 15.9 Å². The summed E-state index contributed by atoms with van der Waals surface area (Å²) in [6.07, 6.45) is 0.621. The third-order valence-electron chi connectivity index (χ3n) is 4.46. The number of piperazine rings is 1. The fraction of sp³-hybridized carbons (Fsp3) is 0.562. The summed E-state index contributed by atoms with van der Waals surface area (Å²) in [4.78, 5) is 14.2. The average Bonchev–Trinajstić information content (AvgIpc) is 3.09. The minimum Gasteiger partial charge on any atom is -0.339 e. The van der Waals surface area contributed by atoms with E-state index in [1.165, 1.54) is 4.31 Å². The van der Waals surface area contributed by atoms with E-state index < -0.39 is 16.1 Å². The molecule has 142 valence electrons. The Balaban J connectivity index is 1.71. The predicted molar refractivity (Wildman–Crippen MR) is 100 cm³/mol. The van der Waals surface area contributed by atoms with Crippen molar-refractivity contribution in [3.63, 3.8) is 0 Å². The Labute approximate surface area is 157 Å². The van der Waals surface area contributed by atoms with Crippen molar-refractivity contribution < 1.29 is 13.2 Å². The van der Waals surface area contributed by atoms with Crippen LogP contribution in [0.2, 0.25) is 0 Å². The molecule has 2 aromatic rings. The van der Waals surface area contributed by atoms with E-state index in [9.17, 15) is 13.2 Å². The first-order valence-corrected chi connectivity index (χ1v) is 10.7. The van der Waals surface area contributed by atoms with Crippen LogP contribution in [0.4, 0.5) is 0 Å². The highest BCUT2D eigenvalue weighted by molar-refractivity contribution is 7.89. The Morgan fingerprint density at radius 2 is 1.92 bits per heavy atom. The second kappa shape index (κ2) is 7.55. The second-order valence-corrected chi connectivity index (χ2v) is 9.29. The molecular weight excluding hydrogens is 374 g/mol. The molecule has 1 aliphatic heterocycles. The SMILES string of the molecule is CC(C)C[C@H](N)C(=O)N1CCN(S(=O)(=O)c2cccc3nsnc23)CC1. The first-order chi connectivity index (χ1) is 12.3. The fourth-order valence-corrected chi connectivity index (χ4v) is 5.30. The van der Waals surface area contributed by atoms with Crippen LogP contribution in [-0.2, 0) is 14.8 Å². The molecule has 0 bridgehead atoms. The molecular formula is C16H23N5O3S2. The molecule has 1 fully saturated rings. The van der Waals surface area contributed by atoms with Crippen molar-refractivity contribution >= 4 is 38.7 Å². The Morgan fingerprint density at radius 1 is 1.23 bits per heavy atom. The van der Waals surface area contributed by atoms with Crippen molar-refractivity contribution in [2.24, 2.45) is 11.7 Å². The smallest absolute Gasteiger partial charge is 0.245 e. The molecule has 2 heterocycles. The van der Waals surface area contributed by atoms with Crippen LogP contribution in [0.5, 0.6) is 0 Å². The number of hydrogen-bond acceptors (Lipinski definition) is 7. The third kappa shape index (κ3) is 3.73. The molecule has 0 radical (unpaired) electrons.